The van der Waals surface area contributed by atoms with Gasteiger partial charge >= 0.3 is 5.97 Å². The van der Waals surface area contributed by atoms with Gasteiger partial charge in [-0.2, -0.15) is 0 Å². The zero-order valence-electron chi connectivity index (χ0n) is 10.8. The Bertz CT molecular complexity index is 494. The lowest BCUT2D eigenvalue weighted by atomic mass is 9.92. The predicted molar refractivity (Wildman–Crippen MR) is 68.2 cm³/mol. The molecule has 19 heavy (non-hydrogen) atoms. The van der Waals surface area contributed by atoms with Crippen LogP contribution >= 0.6 is 0 Å². The lowest BCUT2D eigenvalue weighted by molar-refractivity contribution is -0.144. The number of carbonyl (C=O) groups is 2. The summed E-state index contributed by atoms with van der Waals surface area (Å²) in [6.45, 7) is 3.32. The number of carboxylic acids is 1. The van der Waals surface area contributed by atoms with Crippen LogP contribution in [0.2, 0.25) is 0 Å². The highest BCUT2D eigenvalue weighted by Crippen LogP contribution is 2.24. The van der Waals surface area contributed by atoms with Crippen molar-refractivity contribution in [3.05, 3.63) is 23.8 Å². The monoisotopic (exact) mass is 267 g/mol. The van der Waals surface area contributed by atoms with Crippen molar-refractivity contribution < 1.29 is 24.9 Å². The van der Waals surface area contributed by atoms with Crippen LogP contribution in [0.25, 0.3) is 0 Å². The van der Waals surface area contributed by atoms with Gasteiger partial charge < -0.3 is 20.6 Å². The van der Waals surface area contributed by atoms with Crippen LogP contribution in [0.15, 0.2) is 18.2 Å². The maximum absolute atomic E-state index is 12.0. The van der Waals surface area contributed by atoms with E-state index in [-0.39, 0.29) is 24.2 Å². The highest BCUT2D eigenvalue weighted by Gasteiger charge is 2.37. The van der Waals surface area contributed by atoms with Gasteiger partial charge in [0.2, 0.25) is 0 Å². The quantitative estimate of drug-likeness (QED) is 0.646. The fourth-order valence-electron chi connectivity index (χ4n) is 1.78. The molecule has 0 saturated heterocycles. The van der Waals surface area contributed by atoms with Gasteiger partial charge in [-0.3, -0.25) is 4.79 Å². The first-order valence-corrected chi connectivity index (χ1v) is 5.94. The minimum absolute atomic E-state index is 0.0784. The Balaban J connectivity index is 3.04. The summed E-state index contributed by atoms with van der Waals surface area (Å²) in [4.78, 5) is 23.3. The molecule has 4 N–H and O–H groups in total. The van der Waals surface area contributed by atoms with Crippen molar-refractivity contribution in [3.63, 3.8) is 0 Å². The third-order valence-corrected chi connectivity index (χ3v) is 3.20. The molecule has 6 nitrogen and oxygen atoms in total. The summed E-state index contributed by atoms with van der Waals surface area (Å²) in [7, 11) is 0. The van der Waals surface area contributed by atoms with Crippen LogP contribution in [0.5, 0.6) is 11.5 Å². The molecule has 6 heteroatoms. The van der Waals surface area contributed by atoms with Gasteiger partial charge in [0.1, 0.15) is 17.0 Å². The van der Waals surface area contributed by atoms with Crippen LogP contribution in [0.1, 0.15) is 37.0 Å². The molecular formula is C13H17NO5. The molecule has 0 heterocycles. The third-order valence-electron chi connectivity index (χ3n) is 3.20. The highest BCUT2D eigenvalue weighted by atomic mass is 16.4. The SMILES string of the molecule is CCC(CC)(NC(=O)c1ccc(O)cc1O)C(=O)O. The highest BCUT2D eigenvalue weighted by molar-refractivity contribution is 6.00. The third kappa shape index (κ3) is 2.96. The summed E-state index contributed by atoms with van der Waals surface area (Å²) >= 11 is 0. The van der Waals surface area contributed by atoms with Crippen LogP contribution < -0.4 is 5.32 Å². The zero-order chi connectivity index (χ0) is 14.6. The van der Waals surface area contributed by atoms with Crippen molar-refractivity contribution in [2.75, 3.05) is 0 Å². The van der Waals surface area contributed by atoms with Gasteiger partial charge in [0.05, 0.1) is 5.56 Å². The molecule has 0 atom stereocenters. The molecule has 1 aromatic rings. The second-order valence-corrected chi connectivity index (χ2v) is 4.25. The molecule has 0 aliphatic rings. The molecule has 0 aliphatic heterocycles. The van der Waals surface area contributed by atoms with E-state index < -0.39 is 23.2 Å². The van der Waals surface area contributed by atoms with E-state index in [1.54, 1.807) is 13.8 Å². The molecule has 1 amide bonds. The van der Waals surface area contributed by atoms with Crippen LogP contribution in [0.4, 0.5) is 0 Å². The van der Waals surface area contributed by atoms with Crippen molar-refractivity contribution in [1.82, 2.24) is 5.32 Å². The molecule has 0 spiro atoms. The molecule has 0 bridgehead atoms. The van der Waals surface area contributed by atoms with E-state index in [2.05, 4.69) is 5.32 Å². The Labute approximate surface area is 110 Å². The molecule has 0 aromatic heterocycles. The van der Waals surface area contributed by atoms with Gasteiger partial charge in [-0.25, -0.2) is 4.79 Å². The van der Waals surface area contributed by atoms with E-state index >= 15 is 0 Å². The number of nitrogens with one attached hydrogen (secondary N) is 1. The number of carbonyl (C=O) groups excluding carboxylic acids is 1. The van der Waals surface area contributed by atoms with Crippen LogP contribution in [-0.4, -0.2) is 32.7 Å². The van der Waals surface area contributed by atoms with E-state index in [1.165, 1.54) is 12.1 Å². The number of aliphatic carboxylic acids is 1. The lowest BCUT2D eigenvalue weighted by Crippen LogP contribution is -2.53. The molecular weight excluding hydrogens is 250 g/mol. The van der Waals surface area contributed by atoms with Crippen molar-refractivity contribution in [1.29, 1.82) is 0 Å². The molecule has 0 saturated carbocycles. The van der Waals surface area contributed by atoms with E-state index in [4.69, 9.17) is 5.11 Å². The average molecular weight is 267 g/mol. The first kappa shape index (κ1) is 14.8. The molecule has 0 fully saturated rings. The maximum Gasteiger partial charge on any atom is 0.329 e. The molecule has 104 valence electrons. The predicted octanol–water partition coefficient (Wildman–Crippen LogP) is 1.47. The lowest BCUT2D eigenvalue weighted by Gasteiger charge is -2.28. The molecule has 1 aromatic carbocycles. The Hall–Kier alpha value is -2.24. The van der Waals surface area contributed by atoms with E-state index in [0.717, 1.165) is 6.07 Å². The molecule has 1 rings (SSSR count). The Morgan fingerprint density at radius 2 is 1.79 bits per heavy atom. The van der Waals surface area contributed by atoms with E-state index in [1.807, 2.05) is 0 Å². The van der Waals surface area contributed by atoms with Gasteiger partial charge in [0.25, 0.3) is 5.91 Å². The Morgan fingerprint density at radius 3 is 2.21 bits per heavy atom. The van der Waals surface area contributed by atoms with Crippen LogP contribution in [-0.2, 0) is 4.79 Å². The van der Waals surface area contributed by atoms with Gasteiger partial charge in [-0.1, -0.05) is 13.8 Å². The minimum atomic E-state index is -1.36. The summed E-state index contributed by atoms with van der Waals surface area (Å²) in [5.74, 6) is -2.39. The molecule has 0 unspecified atom stereocenters. The van der Waals surface area contributed by atoms with Crippen molar-refractivity contribution in [2.24, 2.45) is 0 Å². The number of hydrogen-bond acceptors (Lipinski definition) is 4. The summed E-state index contributed by atoms with van der Waals surface area (Å²) in [5, 5.41) is 30.4. The first-order chi connectivity index (χ1) is 8.86. The normalized spacial score (nSPS) is 11.1. The molecule has 0 radical (unpaired) electrons. The van der Waals surface area contributed by atoms with E-state index in [9.17, 15) is 19.8 Å². The standard InChI is InChI=1S/C13H17NO5/c1-3-13(4-2,12(18)19)14-11(17)9-6-5-8(15)7-10(9)16/h5-7,15-16H,3-4H2,1-2H3,(H,14,17)(H,18,19). The van der Waals surface area contributed by atoms with E-state index in [0.29, 0.717) is 0 Å². The summed E-state index contributed by atoms with van der Waals surface area (Å²) in [6, 6.07) is 3.50. The number of benzene rings is 1. The second kappa shape index (κ2) is 5.60. The first-order valence-electron chi connectivity index (χ1n) is 5.94. The fourth-order valence-corrected chi connectivity index (χ4v) is 1.78. The summed E-state index contributed by atoms with van der Waals surface area (Å²) < 4.78 is 0. The smallest absolute Gasteiger partial charge is 0.329 e. The minimum Gasteiger partial charge on any atom is -0.508 e. The maximum atomic E-state index is 12.0. The Kier molecular flexibility index (Phi) is 4.37. The van der Waals surface area contributed by atoms with Gasteiger partial charge in [0.15, 0.2) is 0 Å². The number of phenolic OH excluding ortho intramolecular Hbond substituents is 2. The number of rotatable bonds is 5. The van der Waals surface area contributed by atoms with Gasteiger partial charge in [-0.15, -0.1) is 0 Å². The van der Waals surface area contributed by atoms with Gasteiger partial charge in [0, 0.05) is 6.07 Å². The van der Waals surface area contributed by atoms with Crippen molar-refractivity contribution in [3.8, 4) is 11.5 Å². The Morgan fingerprint density at radius 1 is 1.21 bits per heavy atom. The largest absolute Gasteiger partial charge is 0.508 e. The topological polar surface area (TPSA) is 107 Å². The van der Waals surface area contributed by atoms with Crippen LogP contribution in [0.3, 0.4) is 0 Å². The number of hydrogen-bond donors (Lipinski definition) is 4. The number of aromatic hydroxyl groups is 2. The summed E-state index contributed by atoms with van der Waals surface area (Å²) in [5.41, 5.74) is -1.44. The number of amides is 1. The number of phenols is 2. The van der Waals surface area contributed by atoms with Crippen LogP contribution in [0, 0.1) is 0 Å². The fraction of sp³-hybridized carbons (Fsp3) is 0.385. The van der Waals surface area contributed by atoms with Crippen molar-refractivity contribution >= 4 is 11.9 Å². The molecule has 0 aliphatic carbocycles. The van der Waals surface area contributed by atoms with Crippen molar-refractivity contribution in [2.45, 2.75) is 32.2 Å². The second-order valence-electron chi connectivity index (χ2n) is 4.25. The van der Waals surface area contributed by atoms with Gasteiger partial charge in [-0.05, 0) is 25.0 Å². The zero-order valence-corrected chi connectivity index (χ0v) is 10.8. The average Bonchev–Trinajstić information content (AvgIpc) is 2.35. The summed E-state index contributed by atoms with van der Waals surface area (Å²) in [6.07, 6.45) is 0.451. The number of carboxylic acid groups (broad SMARTS) is 1.